The van der Waals surface area contributed by atoms with Gasteiger partial charge in [0.15, 0.2) is 36.2 Å². The second kappa shape index (κ2) is 8.92. The van der Waals surface area contributed by atoms with Crippen LogP contribution in [-0.2, 0) is 14.4 Å². The Kier molecular flexibility index (Phi) is 5.88. The summed E-state index contributed by atoms with van der Waals surface area (Å²) in [5.74, 6) is -0.614. The van der Waals surface area contributed by atoms with Gasteiger partial charge in [-0.15, -0.1) is 0 Å². The molecule has 2 aliphatic heterocycles. The Morgan fingerprint density at radius 1 is 0.719 bits per heavy atom. The number of benzene rings is 2. The molecule has 0 radical (unpaired) electrons. The van der Waals surface area contributed by atoms with Crippen LogP contribution in [0.3, 0.4) is 0 Å². The van der Waals surface area contributed by atoms with Crippen LogP contribution in [0.1, 0.15) is 0 Å². The molecule has 0 spiro atoms. The summed E-state index contributed by atoms with van der Waals surface area (Å²) in [6, 6.07) is 5.92. The van der Waals surface area contributed by atoms with Crippen molar-refractivity contribution in [1.29, 1.82) is 0 Å². The van der Waals surface area contributed by atoms with Crippen LogP contribution in [0.5, 0.6) is 46.0 Å². The van der Waals surface area contributed by atoms with Gasteiger partial charge in [-0.2, -0.15) is 0 Å². The zero-order valence-corrected chi connectivity index (χ0v) is 17.1. The Morgan fingerprint density at radius 2 is 1.16 bits per heavy atom. The maximum Gasteiger partial charge on any atom is 0.271 e. The van der Waals surface area contributed by atoms with E-state index in [4.69, 9.17) is 37.9 Å². The van der Waals surface area contributed by atoms with Gasteiger partial charge >= 0.3 is 0 Å². The van der Waals surface area contributed by atoms with Gasteiger partial charge in [0.05, 0.1) is 14.2 Å². The second-order valence-corrected chi connectivity index (χ2v) is 6.47. The lowest BCUT2D eigenvalue weighted by atomic mass is 10.2. The van der Waals surface area contributed by atoms with E-state index < -0.39 is 30.6 Å². The van der Waals surface area contributed by atoms with E-state index in [1.54, 1.807) is 0 Å². The van der Waals surface area contributed by atoms with Crippen LogP contribution in [0, 0.1) is 0 Å². The summed E-state index contributed by atoms with van der Waals surface area (Å²) in [5, 5.41) is 0. The van der Waals surface area contributed by atoms with Crippen molar-refractivity contribution in [1.82, 2.24) is 0 Å². The fourth-order valence-corrected chi connectivity index (χ4v) is 2.96. The van der Waals surface area contributed by atoms with Crippen LogP contribution in [-0.4, -0.2) is 58.4 Å². The number of hydrogen-bond acceptors (Lipinski definition) is 11. The summed E-state index contributed by atoms with van der Waals surface area (Å²) in [6.07, 6.45) is 0. The molecule has 2 aliphatic rings. The summed E-state index contributed by atoms with van der Waals surface area (Å²) in [7, 11) is 2.87. The zero-order valence-electron chi connectivity index (χ0n) is 17.1. The average Bonchev–Trinajstić information content (AvgIpc) is 3.48. The molecular formula is C21H18O11. The molecule has 168 valence electrons. The van der Waals surface area contributed by atoms with Gasteiger partial charge in [0.25, 0.3) is 5.78 Å². The van der Waals surface area contributed by atoms with E-state index >= 15 is 0 Å². The second-order valence-electron chi connectivity index (χ2n) is 6.47. The van der Waals surface area contributed by atoms with Crippen molar-refractivity contribution >= 4 is 17.3 Å². The SMILES string of the molecule is COc1cc(OCC(=O)C(=O)C(=O)COc2cc(OC)c3c(c2)OCO3)cc2c1OCO2. The third kappa shape index (κ3) is 4.17. The number of hydrogen-bond donors (Lipinski definition) is 0. The Bertz CT molecular complexity index is 992. The fraction of sp³-hybridized carbons (Fsp3) is 0.286. The van der Waals surface area contributed by atoms with Crippen LogP contribution < -0.4 is 37.9 Å². The highest BCUT2D eigenvalue weighted by molar-refractivity contribution is 6.64. The highest BCUT2D eigenvalue weighted by atomic mass is 16.7. The standard InChI is InChI=1S/C21H18O11/c1-25-15-3-11(5-17-20(15)31-9-29-17)27-7-13(22)19(24)14(23)8-28-12-4-16(26-2)21-18(6-12)30-10-32-21/h3-6H,7-10H2,1-2H3. The van der Waals surface area contributed by atoms with E-state index in [0.717, 1.165) is 0 Å². The molecule has 32 heavy (non-hydrogen) atoms. The molecule has 2 aromatic carbocycles. The van der Waals surface area contributed by atoms with Gasteiger partial charge in [0.1, 0.15) is 11.5 Å². The summed E-state index contributed by atoms with van der Waals surface area (Å²) in [5.41, 5.74) is 0. The van der Waals surface area contributed by atoms with Crippen molar-refractivity contribution in [2.24, 2.45) is 0 Å². The molecule has 0 amide bonds. The Morgan fingerprint density at radius 3 is 1.56 bits per heavy atom. The van der Waals surface area contributed by atoms with Gasteiger partial charge in [-0.05, 0) is 0 Å². The third-order valence-corrected chi connectivity index (χ3v) is 4.51. The first-order chi connectivity index (χ1) is 15.5. The predicted molar refractivity (Wildman–Crippen MR) is 104 cm³/mol. The molecule has 2 heterocycles. The third-order valence-electron chi connectivity index (χ3n) is 4.51. The predicted octanol–water partition coefficient (Wildman–Crippen LogP) is 1.33. The van der Waals surface area contributed by atoms with Crippen molar-refractivity contribution in [3.63, 3.8) is 0 Å². The topological polar surface area (TPSA) is 125 Å². The first kappa shape index (κ1) is 21.1. The molecule has 0 N–H and O–H groups in total. The van der Waals surface area contributed by atoms with Crippen molar-refractivity contribution in [2.45, 2.75) is 0 Å². The molecular weight excluding hydrogens is 428 g/mol. The van der Waals surface area contributed by atoms with E-state index in [-0.39, 0.29) is 25.1 Å². The summed E-state index contributed by atoms with van der Waals surface area (Å²) >= 11 is 0. The molecule has 11 nitrogen and oxygen atoms in total. The molecule has 0 aromatic heterocycles. The normalized spacial score (nSPS) is 12.8. The Labute approximate surface area is 181 Å². The Hall–Kier alpha value is -4.15. The van der Waals surface area contributed by atoms with E-state index in [1.807, 2.05) is 0 Å². The highest BCUT2D eigenvalue weighted by Crippen LogP contribution is 2.45. The molecule has 2 aromatic rings. The van der Waals surface area contributed by atoms with Gasteiger partial charge in [-0.3, -0.25) is 14.4 Å². The zero-order chi connectivity index (χ0) is 22.7. The lowest BCUT2D eigenvalue weighted by Crippen LogP contribution is -2.32. The monoisotopic (exact) mass is 446 g/mol. The van der Waals surface area contributed by atoms with Crippen LogP contribution in [0.4, 0.5) is 0 Å². The summed E-state index contributed by atoms with van der Waals surface area (Å²) < 4.78 is 42.1. The van der Waals surface area contributed by atoms with Crippen molar-refractivity contribution in [3.8, 4) is 46.0 Å². The number of ketones is 3. The molecule has 0 atom stereocenters. The largest absolute Gasteiger partial charge is 0.493 e. The quantitative estimate of drug-likeness (QED) is 0.388. The van der Waals surface area contributed by atoms with Crippen molar-refractivity contribution in [3.05, 3.63) is 24.3 Å². The number of carbonyl (C=O) groups is 3. The molecule has 0 unspecified atom stereocenters. The van der Waals surface area contributed by atoms with Gasteiger partial charge in [-0.25, -0.2) is 0 Å². The van der Waals surface area contributed by atoms with Crippen LogP contribution in [0.2, 0.25) is 0 Å². The first-order valence-corrected chi connectivity index (χ1v) is 9.31. The minimum Gasteiger partial charge on any atom is -0.493 e. The molecule has 0 fully saturated rings. The van der Waals surface area contributed by atoms with Gasteiger partial charge in [-0.1, -0.05) is 0 Å². The van der Waals surface area contributed by atoms with Crippen molar-refractivity contribution in [2.75, 3.05) is 41.0 Å². The molecule has 11 heteroatoms. The number of Topliss-reactive ketones (excluding diaryl/α,β-unsaturated/α-hetero) is 3. The smallest absolute Gasteiger partial charge is 0.271 e. The van der Waals surface area contributed by atoms with E-state index in [0.29, 0.717) is 34.5 Å². The van der Waals surface area contributed by atoms with Gasteiger partial charge < -0.3 is 37.9 Å². The minimum atomic E-state index is -1.24. The number of ether oxygens (including phenoxy) is 8. The maximum atomic E-state index is 12.1. The molecule has 0 aliphatic carbocycles. The molecule has 4 rings (SSSR count). The van der Waals surface area contributed by atoms with E-state index in [2.05, 4.69) is 0 Å². The summed E-state index contributed by atoms with van der Waals surface area (Å²) in [6.45, 7) is -1.25. The molecule has 0 bridgehead atoms. The van der Waals surface area contributed by atoms with Crippen LogP contribution >= 0.6 is 0 Å². The van der Waals surface area contributed by atoms with Crippen LogP contribution in [0.15, 0.2) is 24.3 Å². The highest BCUT2D eigenvalue weighted by Gasteiger charge is 2.26. The summed E-state index contributed by atoms with van der Waals surface area (Å²) in [4.78, 5) is 36.3. The lowest BCUT2D eigenvalue weighted by molar-refractivity contribution is -0.145. The number of carbonyl (C=O) groups excluding carboxylic acids is 3. The Balaban J connectivity index is 1.33. The lowest BCUT2D eigenvalue weighted by Gasteiger charge is -2.10. The van der Waals surface area contributed by atoms with E-state index in [1.165, 1.54) is 38.5 Å². The van der Waals surface area contributed by atoms with Gasteiger partial charge in [0.2, 0.25) is 36.7 Å². The minimum absolute atomic E-state index is 0.0241. The molecule has 0 saturated carbocycles. The number of rotatable bonds is 10. The molecule has 0 saturated heterocycles. The number of methoxy groups -OCH3 is 2. The maximum absolute atomic E-state index is 12.1. The van der Waals surface area contributed by atoms with Crippen LogP contribution in [0.25, 0.3) is 0 Å². The fourth-order valence-electron chi connectivity index (χ4n) is 2.96. The number of fused-ring (bicyclic) bond motifs is 2. The van der Waals surface area contributed by atoms with E-state index in [9.17, 15) is 14.4 Å². The van der Waals surface area contributed by atoms with Crippen molar-refractivity contribution < 1.29 is 52.3 Å². The first-order valence-electron chi connectivity index (χ1n) is 9.31. The van der Waals surface area contributed by atoms with Gasteiger partial charge in [0, 0.05) is 24.3 Å². The average molecular weight is 446 g/mol.